The number of benzene rings is 1. The third-order valence-corrected chi connectivity index (χ3v) is 3.22. The highest BCUT2D eigenvalue weighted by atomic mass is 19.1. The fourth-order valence-corrected chi connectivity index (χ4v) is 1.98. The third kappa shape index (κ3) is 2.06. The SMILES string of the molecule is CNC(CF)C(C)(O)c1ccc2ccoc2c1. The van der Waals surface area contributed by atoms with Gasteiger partial charge in [0, 0.05) is 5.39 Å². The van der Waals surface area contributed by atoms with Crippen LogP contribution in [0.3, 0.4) is 0 Å². The molecule has 0 saturated heterocycles. The number of rotatable bonds is 4. The van der Waals surface area contributed by atoms with Crippen LogP contribution >= 0.6 is 0 Å². The molecule has 1 heterocycles. The van der Waals surface area contributed by atoms with Crippen molar-refractivity contribution in [2.45, 2.75) is 18.6 Å². The van der Waals surface area contributed by atoms with Gasteiger partial charge in [0.05, 0.1) is 12.3 Å². The van der Waals surface area contributed by atoms with E-state index in [0.29, 0.717) is 11.1 Å². The molecule has 2 unspecified atom stereocenters. The van der Waals surface area contributed by atoms with Crippen molar-refractivity contribution in [1.82, 2.24) is 5.32 Å². The zero-order valence-corrected chi connectivity index (χ0v) is 9.90. The molecule has 17 heavy (non-hydrogen) atoms. The standard InChI is InChI=1S/C13H16FNO2/c1-13(16,12(8-14)15-2)10-4-3-9-5-6-17-11(9)7-10/h3-7,12,15-16H,8H2,1-2H3. The lowest BCUT2D eigenvalue weighted by Gasteiger charge is -2.31. The van der Waals surface area contributed by atoms with Crippen LogP contribution in [0.4, 0.5) is 4.39 Å². The van der Waals surface area contributed by atoms with Gasteiger partial charge >= 0.3 is 0 Å². The van der Waals surface area contributed by atoms with E-state index in [-0.39, 0.29) is 0 Å². The van der Waals surface area contributed by atoms with Crippen molar-refractivity contribution in [3.05, 3.63) is 36.1 Å². The molecule has 92 valence electrons. The maximum absolute atomic E-state index is 12.8. The number of alkyl halides is 1. The highest BCUT2D eigenvalue weighted by Gasteiger charge is 2.33. The first-order valence-corrected chi connectivity index (χ1v) is 5.53. The lowest BCUT2D eigenvalue weighted by Crippen LogP contribution is -2.46. The van der Waals surface area contributed by atoms with E-state index in [1.165, 1.54) is 0 Å². The van der Waals surface area contributed by atoms with Crippen LogP contribution in [0.15, 0.2) is 34.9 Å². The smallest absolute Gasteiger partial charge is 0.134 e. The van der Waals surface area contributed by atoms with Gasteiger partial charge in [-0.15, -0.1) is 0 Å². The number of furan rings is 1. The third-order valence-electron chi connectivity index (χ3n) is 3.22. The maximum Gasteiger partial charge on any atom is 0.134 e. The molecule has 0 aliphatic carbocycles. The summed E-state index contributed by atoms with van der Waals surface area (Å²) in [4.78, 5) is 0. The Bertz CT molecular complexity index is 503. The highest BCUT2D eigenvalue weighted by Crippen LogP contribution is 2.28. The molecule has 0 aliphatic rings. The van der Waals surface area contributed by atoms with Crippen LogP contribution in [0, 0.1) is 0 Å². The molecule has 0 aliphatic heterocycles. The highest BCUT2D eigenvalue weighted by molar-refractivity contribution is 5.77. The largest absolute Gasteiger partial charge is 0.464 e. The summed E-state index contributed by atoms with van der Waals surface area (Å²) in [6, 6.07) is 6.59. The summed E-state index contributed by atoms with van der Waals surface area (Å²) in [5, 5.41) is 14.1. The molecule has 1 aromatic carbocycles. The lowest BCUT2D eigenvalue weighted by molar-refractivity contribution is 0.00923. The molecule has 4 heteroatoms. The van der Waals surface area contributed by atoms with Crippen molar-refractivity contribution in [2.75, 3.05) is 13.7 Å². The lowest BCUT2D eigenvalue weighted by atomic mass is 9.88. The van der Waals surface area contributed by atoms with Crippen LogP contribution in [0.2, 0.25) is 0 Å². The molecule has 1 aromatic heterocycles. The van der Waals surface area contributed by atoms with E-state index < -0.39 is 18.3 Å². The van der Waals surface area contributed by atoms with Crippen molar-refractivity contribution in [2.24, 2.45) is 0 Å². The van der Waals surface area contributed by atoms with Gasteiger partial charge in [-0.25, -0.2) is 4.39 Å². The molecule has 0 spiro atoms. The van der Waals surface area contributed by atoms with E-state index in [0.717, 1.165) is 5.39 Å². The van der Waals surface area contributed by atoms with Gasteiger partial charge in [0.1, 0.15) is 17.9 Å². The zero-order chi connectivity index (χ0) is 12.5. The summed E-state index contributed by atoms with van der Waals surface area (Å²) >= 11 is 0. The predicted molar refractivity (Wildman–Crippen MR) is 64.6 cm³/mol. The molecular formula is C13H16FNO2. The minimum absolute atomic E-state index is 0.636. The molecule has 3 nitrogen and oxygen atoms in total. The minimum Gasteiger partial charge on any atom is -0.464 e. The Hall–Kier alpha value is -1.39. The van der Waals surface area contributed by atoms with E-state index in [1.54, 1.807) is 32.4 Å². The van der Waals surface area contributed by atoms with Crippen molar-refractivity contribution in [3.8, 4) is 0 Å². The van der Waals surface area contributed by atoms with Gasteiger partial charge in [0.2, 0.25) is 0 Å². The second-order valence-electron chi connectivity index (χ2n) is 4.32. The molecule has 2 N–H and O–H groups in total. The predicted octanol–water partition coefficient (Wildman–Crippen LogP) is 2.20. The Morgan fingerprint density at radius 1 is 1.47 bits per heavy atom. The summed E-state index contributed by atoms with van der Waals surface area (Å²) in [6.07, 6.45) is 1.59. The van der Waals surface area contributed by atoms with E-state index in [9.17, 15) is 9.50 Å². The molecule has 2 aromatic rings. The number of hydrogen-bond acceptors (Lipinski definition) is 3. The number of likely N-dealkylation sites (N-methyl/N-ethyl adjacent to an activating group) is 1. The second kappa shape index (κ2) is 4.47. The Kier molecular flexibility index (Phi) is 3.17. The van der Waals surface area contributed by atoms with Crippen LogP contribution in [-0.2, 0) is 5.60 Å². The molecule has 0 amide bonds. The van der Waals surface area contributed by atoms with Crippen molar-refractivity contribution in [3.63, 3.8) is 0 Å². The summed E-state index contributed by atoms with van der Waals surface area (Å²) in [5.74, 6) is 0. The first-order chi connectivity index (χ1) is 8.09. The molecule has 0 saturated carbocycles. The second-order valence-corrected chi connectivity index (χ2v) is 4.32. The van der Waals surface area contributed by atoms with Crippen LogP contribution in [0.5, 0.6) is 0 Å². The summed E-state index contributed by atoms with van der Waals surface area (Å²) in [6.45, 7) is 0.956. The molecule has 2 atom stereocenters. The van der Waals surface area contributed by atoms with Gasteiger partial charge in [-0.1, -0.05) is 12.1 Å². The van der Waals surface area contributed by atoms with Crippen LogP contribution in [0.25, 0.3) is 11.0 Å². The quantitative estimate of drug-likeness (QED) is 0.856. The molecule has 2 rings (SSSR count). The monoisotopic (exact) mass is 237 g/mol. The fourth-order valence-electron chi connectivity index (χ4n) is 1.98. The summed E-state index contributed by atoms with van der Waals surface area (Å²) in [7, 11) is 1.63. The first kappa shape index (κ1) is 12.1. The van der Waals surface area contributed by atoms with E-state index in [2.05, 4.69) is 5.32 Å². The van der Waals surface area contributed by atoms with Crippen LogP contribution in [0.1, 0.15) is 12.5 Å². The Morgan fingerprint density at radius 3 is 2.88 bits per heavy atom. The van der Waals surface area contributed by atoms with Crippen molar-refractivity contribution >= 4 is 11.0 Å². The molecule has 0 radical (unpaired) electrons. The van der Waals surface area contributed by atoms with E-state index in [1.807, 2.05) is 12.1 Å². The number of nitrogens with one attached hydrogen (secondary N) is 1. The van der Waals surface area contributed by atoms with Gasteiger partial charge < -0.3 is 14.8 Å². The summed E-state index contributed by atoms with van der Waals surface area (Å²) in [5.41, 5.74) is 0.0539. The minimum atomic E-state index is -1.27. The number of halogens is 1. The fraction of sp³-hybridized carbons (Fsp3) is 0.385. The van der Waals surface area contributed by atoms with Gasteiger partial charge in [-0.2, -0.15) is 0 Å². The number of aliphatic hydroxyl groups is 1. The van der Waals surface area contributed by atoms with E-state index in [4.69, 9.17) is 4.42 Å². The zero-order valence-electron chi connectivity index (χ0n) is 9.90. The number of fused-ring (bicyclic) bond motifs is 1. The molecule has 0 bridgehead atoms. The average molecular weight is 237 g/mol. The molecule has 0 fully saturated rings. The normalized spacial score (nSPS) is 16.9. The van der Waals surface area contributed by atoms with E-state index >= 15 is 0 Å². The maximum atomic E-state index is 12.8. The number of hydrogen-bond donors (Lipinski definition) is 2. The van der Waals surface area contributed by atoms with Crippen molar-refractivity contribution < 1.29 is 13.9 Å². The van der Waals surface area contributed by atoms with Gasteiger partial charge in [0.25, 0.3) is 0 Å². The average Bonchev–Trinajstić information content (AvgIpc) is 2.77. The first-order valence-electron chi connectivity index (χ1n) is 5.53. The Labute approximate surface area is 99.2 Å². The van der Waals surface area contributed by atoms with Gasteiger partial charge in [-0.05, 0) is 31.7 Å². The Balaban J connectivity index is 2.43. The molecular weight excluding hydrogens is 221 g/mol. The van der Waals surface area contributed by atoms with Gasteiger partial charge in [-0.3, -0.25) is 0 Å². The van der Waals surface area contributed by atoms with Crippen molar-refractivity contribution in [1.29, 1.82) is 0 Å². The Morgan fingerprint density at radius 2 is 2.24 bits per heavy atom. The summed E-state index contributed by atoms with van der Waals surface area (Å²) < 4.78 is 18.1. The van der Waals surface area contributed by atoms with Gasteiger partial charge in [0.15, 0.2) is 0 Å². The van der Waals surface area contributed by atoms with Crippen LogP contribution in [-0.4, -0.2) is 24.9 Å². The van der Waals surface area contributed by atoms with Crippen LogP contribution < -0.4 is 5.32 Å². The topological polar surface area (TPSA) is 45.4 Å².